The van der Waals surface area contributed by atoms with Crippen LogP contribution >= 0.6 is 11.3 Å². The van der Waals surface area contributed by atoms with Crippen molar-refractivity contribution in [1.29, 1.82) is 0 Å². The molecule has 2 rings (SSSR count). The van der Waals surface area contributed by atoms with Gasteiger partial charge >= 0.3 is 0 Å². The lowest BCUT2D eigenvalue weighted by Crippen LogP contribution is -2.34. The first kappa shape index (κ1) is 13.4. The molecule has 5 nitrogen and oxygen atoms in total. The van der Waals surface area contributed by atoms with Crippen molar-refractivity contribution in [2.24, 2.45) is 0 Å². The third kappa shape index (κ3) is 3.69. The Hall–Kier alpha value is -2.08. The molecule has 0 aliphatic carbocycles. The van der Waals surface area contributed by atoms with Gasteiger partial charge in [-0.2, -0.15) is 0 Å². The van der Waals surface area contributed by atoms with E-state index in [2.05, 4.69) is 15.3 Å². The predicted octanol–water partition coefficient (Wildman–Crippen LogP) is 1.93. The third-order valence-corrected chi connectivity index (χ3v) is 3.37. The van der Waals surface area contributed by atoms with Crippen LogP contribution in [0.5, 0.6) is 0 Å². The number of nitrogens with one attached hydrogen (secondary N) is 1. The molecule has 0 radical (unpaired) electrons. The van der Waals surface area contributed by atoms with Gasteiger partial charge in [-0.3, -0.25) is 14.6 Å². The van der Waals surface area contributed by atoms with Gasteiger partial charge in [-0.1, -0.05) is 6.07 Å². The minimum atomic E-state index is -0.320. The molecule has 98 valence electrons. The number of carbonyl (C=O) groups excluding carboxylic acids is 2. The molecule has 1 N–H and O–H groups in total. The van der Waals surface area contributed by atoms with Gasteiger partial charge in [0.1, 0.15) is 5.69 Å². The normalized spacial score (nSPS) is 11.8. The van der Waals surface area contributed by atoms with Crippen molar-refractivity contribution in [3.63, 3.8) is 0 Å². The molecule has 2 aromatic heterocycles. The Morgan fingerprint density at radius 3 is 2.89 bits per heavy atom. The molecular weight excluding hydrogens is 262 g/mol. The van der Waals surface area contributed by atoms with Gasteiger partial charge in [-0.25, -0.2) is 4.98 Å². The average Bonchev–Trinajstić information content (AvgIpc) is 2.93. The van der Waals surface area contributed by atoms with Gasteiger partial charge in [-0.15, -0.1) is 11.3 Å². The monoisotopic (exact) mass is 275 g/mol. The van der Waals surface area contributed by atoms with Gasteiger partial charge in [0.2, 0.25) is 0 Å². The van der Waals surface area contributed by atoms with Gasteiger partial charge < -0.3 is 5.32 Å². The van der Waals surface area contributed by atoms with Crippen molar-refractivity contribution in [1.82, 2.24) is 15.3 Å². The first-order valence-corrected chi connectivity index (χ1v) is 6.68. The molecule has 0 fully saturated rings. The summed E-state index contributed by atoms with van der Waals surface area (Å²) in [5, 5.41) is 4.59. The van der Waals surface area contributed by atoms with Crippen LogP contribution in [0.25, 0.3) is 0 Å². The number of ketones is 1. The van der Waals surface area contributed by atoms with Crippen molar-refractivity contribution < 1.29 is 9.59 Å². The number of aromatic nitrogens is 2. The summed E-state index contributed by atoms with van der Waals surface area (Å²) in [5.74, 6) is -0.290. The average molecular weight is 275 g/mol. The number of hydrogen-bond donors (Lipinski definition) is 1. The van der Waals surface area contributed by atoms with Crippen molar-refractivity contribution >= 4 is 23.0 Å². The predicted molar refractivity (Wildman–Crippen MR) is 72.2 cm³/mol. The van der Waals surface area contributed by atoms with Gasteiger partial charge in [0, 0.05) is 24.9 Å². The SMILES string of the molecule is C[C@@H](CC(=O)c1cccs1)NC(=O)c1cnccn1. The van der Waals surface area contributed by atoms with Crippen LogP contribution < -0.4 is 5.32 Å². The van der Waals surface area contributed by atoms with Crippen LogP contribution in [-0.4, -0.2) is 27.7 Å². The second-order valence-corrected chi connectivity index (χ2v) is 5.02. The standard InChI is InChI=1S/C13H13N3O2S/c1-9(7-11(17)12-3-2-6-19-12)16-13(18)10-8-14-4-5-15-10/h2-6,8-9H,7H2,1H3,(H,16,18)/t9-/m0/s1. The molecule has 0 bridgehead atoms. The number of rotatable bonds is 5. The van der Waals surface area contributed by atoms with Gasteiger partial charge in [0.05, 0.1) is 11.1 Å². The van der Waals surface area contributed by atoms with Gasteiger partial charge in [0.15, 0.2) is 5.78 Å². The number of amides is 1. The maximum atomic E-state index is 11.9. The molecule has 0 spiro atoms. The summed E-state index contributed by atoms with van der Waals surface area (Å²) in [6.45, 7) is 1.79. The van der Waals surface area contributed by atoms with E-state index in [0.717, 1.165) is 0 Å². The molecule has 2 aromatic rings. The Bertz CT molecular complexity index is 555. The zero-order valence-corrected chi connectivity index (χ0v) is 11.2. The summed E-state index contributed by atoms with van der Waals surface area (Å²) in [7, 11) is 0. The highest BCUT2D eigenvalue weighted by Crippen LogP contribution is 2.12. The maximum absolute atomic E-state index is 11.9. The second kappa shape index (κ2) is 6.19. The molecule has 0 saturated carbocycles. The maximum Gasteiger partial charge on any atom is 0.271 e. The molecule has 19 heavy (non-hydrogen) atoms. The van der Waals surface area contributed by atoms with Crippen LogP contribution in [0.15, 0.2) is 36.1 Å². The molecule has 1 amide bonds. The van der Waals surface area contributed by atoms with Crippen LogP contribution in [0, 0.1) is 0 Å². The highest BCUT2D eigenvalue weighted by Gasteiger charge is 2.15. The smallest absolute Gasteiger partial charge is 0.271 e. The van der Waals surface area contributed by atoms with Crippen LogP contribution in [0.4, 0.5) is 0 Å². The Morgan fingerprint density at radius 1 is 1.42 bits per heavy atom. The lowest BCUT2D eigenvalue weighted by molar-refractivity contribution is 0.0915. The molecule has 0 aromatic carbocycles. The summed E-state index contributed by atoms with van der Waals surface area (Å²) in [6.07, 6.45) is 4.62. The molecule has 0 saturated heterocycles. The third-order valence-electron chi connectivity index (χ3n) is 2.46. The lowest BCUT2D eigenvalue weighted by atomic mass is 10.1. The number of Topliss-reactive ketones (excluding diaryl/α,β-unsaturated/α-hetero) is 1. The molecule has 0 unspecified atom stereocenters. The highest BCUT2D eigenvalue weighted by molar-refractivity contribution is 7.12. The summed E-state index contributed by atoms with van der Waals surface area (Å²) in [6, 6.07) is 3.37. The summed E-state index contributed by atoms with van der Waals surface area (Å²) < 4.78 is 0. The van der Waals surface area contributed by atoms with Gasteiger partial charge in [-0.05, 0) is 18.4 Å². The largest absolute Gasteiger partial charge is 0.348 e. The van der Waals surface area contributed by atoms with Crippen LogP contribution in [-0.2, 0) is 0 Å². The van der Waals surface area contributed by atoms with E-state index < -0.39 is 0 Å². The second-order valence-electron chi connectivity index (χ2n) is 4.07. The number of hydrogen-bond acceptors (Lipinski definition) is 5. The lowest BCUT2D eigenvalue weighted by Gasteiger charge is -2.12. The van der Waals surface area contributed by atoms with E-state index in [4.69, 9.17) is 0 Å². The molecule has 2 heterocycles. The summed E-state index contributed by atoms with van der Waals surface area (Å²) >= 11 is 1.40. The van der Waals surface area contributed by atoms with E-state index in [1.54, 1.807) is 13.0 Å². The van der Waals surface area contributed by atoms with Gasteiger partial charge in [0.25, 0.3) is 5.91 Å². The van der Waals surface area contributed by atoms with Crippen molar-refractivity contribution in [3.05, 3.63) is 46.7 Å². The number of carbonyl (C=O) groups is 2. The molecule has 1 atom stereocenters. The zero-order chi connectivity index (χ0) is 13.7. The topological polar surface area (TPSA) is 72.0 Å². The van der Waals surface area contributed by atoms with Crippen molar-refractivity contribution in [2.75, 3.05) is 0 Å². The highest BCUT2D eigenvalue weighted by atomic mass is 32.1. The van der Waals surface area contributed by atoms with E-state index in [0.29, 0.717) is 4.88 Å². The number of nitrogens with zero attached hydrogens (tertiary/aromatic N) is 2. The van der Waals surface area contributed by atoms with Crippen LogP contribution in [0.2, 0.25) is 0 Å². The van der Waals surface area contributed by atoms with Crippen LogP contribution in [0.1, 0.15) is 33.5 Å². The van der Waals surface area contributed by atoms with Crippen molar-refractivity contribution in [3.8, 4) is 0 Å². The Balaban J connectivity index is 1.90. The van der Waals surface area contributed by atoms with E-state index >= 15 is 0 Å². The fraction of sp³-hybridized carbons (Fsp3) is 0.231. The Morgan fingerprint density at radius 2 is 2.26 bits per heavy atom. The fourth-order valence-corrected chi connectivity index (χ4v) is 2.26. The molecule has 6 heteroatoms. The molecule has 0 aliphatic rings. The number of thiophene rings is 1. The zero-order valence-electron chi connectivity index (χ0n) is 10.4. The minimum Gasteiger partial charge on any atom is -0.348 e. The fourth-order valence-electron chi connectivity index (χ4n) is 1.58. The van der Waals surface area contributed by atoms with E-state index in [1.165, 1.54) is 29.9 Å². The first-order chi connectivity index (χ1) is 9.16. The van der Waals surface area contributed by atoms with E-state index in [9.17, 15) is 9.59 Å². The van der Waals surface area contributed by atoms with Crippen LogP contribution in [0.3, 0.4) is 0 Å². The first-order valence-electron chi connectivity index (χ1n) is 5.80. The molecule has 0 aliphatic heterocycles. The summed E-state index contributed by atoms with van der Waals surface area (Å²) in [5.41, 5.74) is 0.248. The Kier molecular flexibility index (Phi) is 4.35. The Labute approximate surface area is 114 Å². The minimum absolute atomic E-state index is 0.0296. The molecular formula is C13H13N3O2S. The van der Waals surface area contributed by atoms with Crippen molar-refractivity contribution in [2.45, 2.75) is 19.4 Å². The van der Waals surface area contributed by atoms with E-state index in [1.807, 2.05) is 11.4 Å². The summed E-state index contributed by atoms with van der Waals surface area (Å²) in [4.78, 5) is 32.1. The van der Waals surface area contributed by atoms with E-state index in [-0.39, 0.29) is 29.8 Å². The quantitative estimate of drug-likeness (QED) is 0.846.